The van der Waals surface area contributed by atoms with E-state index in [0.717, 1.165) is 0 Å². The molecular weight excluding hydrogens is 1690 g/mol. The number of aliphatic imine (C=N–C) groups is 1. The normalized spacial score (nSPS) is 21.6. The van der Waals surface area contributed by atoms with Crippen molar-refractivity contribution in [3.05, 3.63) is 251 Å². The topological polar surface area (TPSA) is 420 Å². The Labute approximate surface area is 717 Å². The van der Waals surface area contributed by atoms with Gasteiger partial charge in [0.2, 0.25) is 11.9 Å². The van der Waals surface area contributed by atoms with E-state index in [2.05, 4.69) is 42.0 Å². The predicted octanol–water partition coefficient (Wildman–Crippen LogP) is 13.8. The molecule has 35 nitrogen and oxygen atoms in total. The fourth-order valence-corrected chi connectivity index (χ4v) is 19.7. The van der Waals surface area contributed by atoms with Gasteiger partial charge in [-0.25, -0.2) is 33.6 Å². The van der Waals surface area contributed by atoms with Crippen LogP contribution in [0.4, 0.5) is 11.8 Å². The Balaban J connectivity index is 0.943. The smallest absolute Gasteiger partial charge is 0.497 e. The largest absolute Gasteiger partial charge is 0.530 e. The molecule has 3 fully saturated rings. The molecule has 14 rings (SSSR count). The summed E-state index contributed by atoms with van der Waals surface area (Å²) in [5.74, 6) is -2.46. The number of H-pyrrole nitrogens is 2. The molecule has 0 aliphatic carbocycles. The van der Waals surface area contributed by atoms with E-state index in [9.17, 15) is 34.1 Å². The number of carbonyl (C=O) groups excluding carboxylic acids is 2. The zero-order valence-corrected chi connectivity index (χ0v) is 72.3. The number of nitriles is 1. The number of halogens is 2. The summed E-state index contributed by atoms with van der Waals surface area (Å²) >= 11 is 13.7. The molecule has 123 heavy (non-hydrogen) atoms. The number of rotatable bonds is 36. The average Bonchev–Trinajstić information content (AvgIpc) is 1.73. The van der Waals surface area contributed by atoms with Gasteiger partial charge in [-0.15, -0.1) is 0 Å². The number of nitrogens with zero attached hydrogens (tertiary/aromatic N) is 9. The Bertz CT molecular complexity index is 5710. The van der Waals surface area contributed by atoms with E-state index in [0.29, 0.717) is 33.8 Å². The van der Waals surface area contributed by atoms with Gasteiger partial charge in [0.25, 0.3) is 25.6 Å². The van der Waals surface area contributed by atoms with E-state index in [1.165, 1.54) is 71.6 Å². The van der Waals surface area contributed by atoms with E-state index < -0.39 is 151 Å². The number of ether oxygens (including phenoxy) is 6. The minimum atomic E-state index is -5.69. The highest BCUT2D eigenvalue weighted by Gasteiger charge is 2.57. The Morgan fingerprint density at radius 1 is 0.715 bits per heavy atom. The van der Waals surface area contributed by atoms with Gasteiger partial charge in [0, 0.05) is 60.5 Å². The predicted molar refractivity (Wildman–Crippen MR) is 453 cm³/mol. The van der Waals surface area contributed by atoms with Gasteiger partial charge in [-0.05, 0) is 112 Å². The number of anilines is 1. The first kappa shape index (κ1) is 89.0. The molecule has 3 saturated heterocycles. The average molecular weight is 1780 g/mol. The maximum atomic E-state index is 17.1. The number of nitrogens with one attached hydrogen (secondary N) is 5. The zero-order chi connectivity index (χ0) is 87.0. The number of methoxy groups -OCH3 is 2. The first-order valence-electron chi connectivity index (χ1n) is 39.5. The second kappa shape index (κ2) is 38.8. The van der Waals surface area contributed by atoms with Gasteiger partial charge < -0.3 is 57.1 Å². The third kappa shape index (κ3) is 20.1. The van der Waals surface area contributed by atoms with E-state index in [4.69, 9.17) is 93.3 Å². The molecule has 10 aromatic rings. The van der Waals surface area contributed by atoms with Crippen molar-refractivity contribution in [3.63, 3.8) is 0 Å². The van der Waals surface area contributed by atoms with Crippen LogP contribution in [0.3, 0.4) is 0 Å². The number of aromatic amines is 2. The molecule has 0 spiro atoms. The summed E-state index contributed by atoms with van der Waals surface area (Å²) in [7, 11) is -10.2. The molecule has 648 valence electrons. The van der Waals surface area contributed by atoms with Crippen LogP contribution >= 0.6 is 47.4 Å². The number of hydrogen-bond donors (Lipinski definition) is 6. The summed E-state index contributed by atoms with van der Waals surface area (Å²) in [4.78, 5) is 105. The van der Waals surface area contributed by atoms with Crippen molar-refractivity contribution in [1.29, 1.82) is 5.26 Å². The van der Waals surface area contributed by atoms with Gasteiger partial charge in [-0.1, -0.05) is 134 Å². The quantitative estimate of drug-likeness (QED) is 0.0121. The summed E-state index contributed by atoms with van der Waals surface area (Å²) in [5.41, 5.74) is -1.68. The number of phosphoric acid groups is 2. The highest BCUT2D eigenvalue weighted by atomic mass is 35.5. The summed E-state index contributed by atoms with van der Waals surface area (Å²) in [6.45, 7) is 11.3. The Kier molecular flexibility index (Phi) is 28.1. The van der Waals surface area contributed by atoms with Crippen LogP contribution in [0.5, 0.6) is 23.0 Å². The van der Waals surface area contributed by atoms with Crippen molar-refractivity contribution in [1.82, 2.24) is 53.9 Å². The minimum absolute atomic E-state index is 0.00855. The van der Waals surface area contributed by atoms with Crippen molar-refractivity contribution in [2.75, 3.05) is 39.4 Å². The van der Waals surface area contributed by atoms with Crippen LogP contribution in [-0.4, -0.2) is 149 Å². The standard InChI is InChI=1S/C83H91Cl2N14O21P3/c1-48(2)77(100)93-81-92-76-71(80(103)94-81)90-47-98(76)69-41-64(119-123(107,118-62-28-19-17-26-60(62)85)112-44-66-63(40-68(114-66)96-42-51(7)78(101)95-82(96)104)116-121(111-38-20-37-86)99(49(3)4)50(5)6)73(115-69)72(120-122(105,106)117-61-27-18-16-25-59(61)84)58-39-67(97-46-89-70-74(87-45-88-75(70)97)91-79(102)52-21-12-10-13-22-52)113-65(58)43-110-83(53-23-14-11-15-24-53,54-29-33-56(108-8)34-30-54)55-31-35-57(109-9)36-32-55/h10-19,21-36,42,45-50,58,63-69,72-74H,20,38-41,43-44H2,1-9H3,(H,87,88)(H,91,102)(H,105,106)(H,95,101,104)(H2,92,93,94,100,103)/t58-,63-,64-,65-,66+,67+,68+,69+,72?,73+,74?,121?,123?/m0/s1. The number of benzene rings is 6. The summed E-state index contributed by atoms with van der Waals surface area (Å²) in [6, 6.07) is 45.9. The maximum Gasteiger partial charge on any atom is 0.530 e. The Morgan fingerprint density at radius 3 is 1.94 bits per heavy atom. The fraction of sp³-hybridized carbons (Fsp3) is 0.373. The number of hydrogen-bond acceptors (Lipinski definition) is 27. The number of carbonyl (C=O) groups is 2. The van der Waals surface area contributed by atoms with E-state index in [1.54, 1.807) is 105 Å². The lowest BCUT2D eigenvalue weighted by Crippen LogP contribution is -2.47. The highest BCUT2D eigenvalue weighted by molar-refractivity contribution is 7.49. The number of fused-ring (bicyclic) bond motifs is 2. The number of phosphoric ester groups is 2. The van der Waals surface area contributed by atoms with Gasteiger partial charge in [0.15, 0.2) is 17.0 Å². The Morgan fingerprint density at radius 2 is 1.31 bits per heavy atom. The van der Waals surface area contributed by atoms with Gasteiger partial charge in [-0.3, -0.25) is 66.6 Å². The Hall–Kier alpha value is -10.3. The molecule has 0 radical (unpaired) electrons. The van der Waals surface area contributed by atoms with Gasteiger partial charge >= 0.3 is 21.3 Å². The van der Waals surface area contributed by atoms with Gasteiger partial charge in [-0.2, -0.15) is 10.2 Å². The second-order valence-corrected chi connectivity index (χ2v) is 35.2. The van der Waals surface area contributed by atoms with Crippen LogP contribution in [0.15, 0.2) is 196 Å². The molecule has 0 bridgehead atoms. The van der Waals surface area contributed by atoms with Crippen molar-refractivity contribution in [2.45, 2.75) is 153 Å². The molecule has 4 aliphatic heterocycles. The highest BCUT2D eigenvalue weighted by Crippen LogP contribution is 2.59. The first-order chi connectivity index (χ1) is 59.1. The van der Waals surface area contributed by atoms with E-state index >= 15 is 9.13 Å². The molecule has 8 heterocycles. The zero-order valence-electron chi connectivity index (χ0n) is 68.1. The third-order valence-corrected chi connectivity index (χ3v) is 26.1. The number of imidazole rings is 2. The fourth-order valence-electron chi connectivity index (χ4n) is 15.1. The monoisotopic (exact) mass is 1780 g/mol. The van der Waals surface area contributed by atoms with E-state index in [1.807, 2.05) is 87.0 Å². The number of amides is 2. The lowest BCUT2D eigenvalue weighted by molar-refractivity contribution is -0.123. The first-order valence-corrected chi connectivity index (χ1v) is 44.3. The number of para-hydroxylation sites is 2. The molecule has 6 aromatic carbocycles. The molecule has 6 N–H and O–H groups in total. The lowest BCUT2D eigenvalue weighted by Gasteiger charge is -2.39. The lowest BCUT2D eigenvalue weighted by atomic mass is 9.79. The van der Waals surface area contributed by atoms with Crippen LogP contribution in [0.25, 0.3) is 11.2 Å². The van der Waals surface area contributed by atoms with Gasteiger partial charge in [0.05, 0.1) is 87.8 Å². The summed E-state index contributed by atoms with van der Waals surface area (Å²) in [5, 5.41) is 18.3. The summed E-state index contributed by atoms with van der Waals surface area (Å²) < 4.78 is 126. The van der Waals surface area contributed by atoms with Gasteiger partial charge in [0.1, 0.15) is 83.6 Å². The SMILES string of the molecule is COc1ccc(C(OC[C@@H]2O[C@@H](n3cnc4c3N=CNC4NC(=O)c3ccccc3)C[C@@H]2C(OP(=O)(O)Oc2ccccc2Cl)[C@@H]2O[C@@H](n3cnc4c(=O)[nH]c(NC(=O)C(C)C)nc43)C[C@@H]2OP(=O)(OC[C@H]2O[C@@H](n3cc(C)c(=O)[nH]c3=O)C[C@@H]2OP(OCCC#N)N(C(C)C)C(C)C)Oc2ccccc2Cl)(c2ccccc2)c2ccc(OC)cc2)cc1. The van der Waals surface area contributed by atoms with Crippen LogP contribution in [-0.2, 0) is 61.1 Å². The molecule has 0 saturated carbocycles. The molecule has 4 aromatic heterocycles. The second-order valence-electron chi connectivity index (χ2n) is 30.1. The van der Waals surface area contributed by atoms with Crippen molar-refractivity contribution < 1.29 is 83.7 Å². The van der Waals surface area contributed by atoms with Crippen LogP contribution in [0.1, 0.15) is 130 Å². The van der Waals surface area contributed by atoms with E-state index in [-0.39, 0.29) is 93.7 Å². The molecule has 2 amide bonds. The van der Waals surface area contributed by atoms with Crippen molar-refractivity contribution >= 4 is 88.5 Å². The number of aryl methyl sites for hydroxylation is 1. The molecule has 4 aliphatic rings. The minimum Gasteiger partial charge on any atom is -0.497 e. The van der Waals surface area contributed by atoms with Crippen LogP contribution in [0.2, 0.25) is 10.0 Å². The summed E-state index contributed by atoms with van der Waals surface area (Å²) in [6.07, 6.45) is -9.80. The van der Waals surface area contributed by atoms with Crippen molar-refractivity contribution in [3.8, 4) is 29.1 Å². The molecule has 40 heteroatoms. The molecule has 14 atom stereocenters. The van der Waals surface area contributed by atoms with Crippen LogP contribution in [0, 0.1) is 30.1 Å². The molecular formula is C83H91Cl2N14O21P3. The van der Waals surface area contributed by atoms with Crippen LogP contribution < -0.4 is 51.3 Å². The maximum absolute atomic E-state index is 17.1. The third-order valence-electron chi connectivity index (χ3n) is 20.9. The van der Waals surface area contributed by atoms with Crippen molar-refractivity contribution in [2.24, 2.45) is 16.8 Å². The molecule has 5 unspecified atom stereocenters. The number of aromatic nitrogens is 8.